The predicted molar refractivity (Wildman–Crippen MR) is 46.2 cm³/mol. The molecule has 0 fully saturated rings. The maximum Gasteiger partial charge on any atom is 0.383 e. The van der Waals surface area contributed by atoms with E-state index in [0.717, 1.165) is 0 Å². The van der Waals surface area contributed by atoms with E-state index in [2.05, 4.69) is 0 Å². The first-order valence-electron chi connectivity index (χ1n) is 4.36. The van der Waals surface area contributed by atoms with Gasteiger partial charge < -0.3 is 9.73 Å². The first-order chi connectivity index (χ1) is 7.35. The van der Waals surface area contributed by atoms with E-state index >= 15 is 0 Å². The number of rotatable bonds is 4. The lowest BCUT2D eigenvalue weighted by Crippen LogP contribution is -2.45. The van der Waals surface area contributed by atoms with Crippen LogP contribution in [0.1, 0.15) is 18.7 Å². The summed E-state index contributed by atoms with van der Waals surface area (Å²) >= 11 is 0. The molecule has 7 heteroatoms. The van der Waals surface area contributed by atoms with Gasteiger partial charge in [-0.05, 0) is 19.1 Å². The Labute approximate surface area is 88.4 Å². The molecule has 3 nitrogen and oxygen atoms in total. The van der Waals surface area contributed by atoms with E-state index in [1.807, 2.05) is 0 Å². The fraction of sp³-hybridized carbons (Fsp3) is 0.444. The molecule has 1 atom stereocenters. The number of carbonyl (C=O) groups excluding carboxylic acids is 1. The Morgan fingerprint density at radius 1 is 1.50 bits per heavy atom. The topological polar surface area (TPSA) is 42.2 Å². The molecular weight excluding hydrogens is 230 g/mol. The van der Waals surface area contributed by atoms with Crippen LogP contribution in [0.2, 0.25) is 0 Å². The molecule has 1 N–H and O–H groups in total. The summed E-state index contributed by atoms with van der Waals surface area (Å²) in [7, 11) is 0. The molecule has 0 saturated heterocycles. The largest absolute Gasteiger partial charge is 0.467 e. The second kappa shape index (κ2) is 4.54. The van der Waals surface area contributed by atoms with Gasteiger partial charge in [-0.2, -0.15) is 8.78 Å². The lowest BCUT2D eigenvalue weighted by molar-refractivity contribution is -0.170. The molecule has 1 rings (SSSR count). The van der Waals surface area contributed by atoms with Crippen LogP contribution in [0.25, 0.3) is 0 Å². The Bertz CT molecular complexity index is 350. The van der Waals surface area contributed by atoms with E-state index < -0.39 is 24.3 Å². The van der Waals surface area contributed by atoms with Gasteiger partial charge in [0.25, 0.3) is 5.91 Å². The molecule has 0 aliphatic carbocycles. The van der Waals surface area contributed by atoms with Crippen LogP contribution in [-0.4, -0.2) is 18.3 Å². The highest BCUT2D eigenvalue weighted by Crippen LogP contribution is 2.24. The first-order valence-corrected chi connectivity index (χ1v) is 4.36. The molecule has 1 aromatic heterocycles. The van der Waals surface area contributed by atoms with Gasteiger partial charge in [-0.15, -0.1) is 0 Å². The zero-order chi connectivity index (χ0) is 12.3. The third-order valence-corrected chi connectivity index (χ3v) is 1.89. The highest BCUT2D eigenvalue weighted by Gasteiger charge is 2.49. The molecule has 0 saturated carbocycles. The van der Waals surface area contributed by atoms with Gasteiger partial charge in [-0.1, -0.05) is 0 Å². The Morgan fingerprint density at radius 3 is 2.56 bits per heavy atom. The minimum absolute atomic E-state index is 0.207. The van der Waals surface area contributed by atoms with Crippen LogP contribution >= 0.6 is 0 Å². The predicted octanol–water partition coefficient (Wildman–Crippen LogP) is 2.36. The summed E-state index contributed by atoms with van der Waals surface area (Å²) in [6, 6.07) is 2.03. The zero-order valence-corrected chi connectivity index (χ0v) is 8.22. The second-order valence-corrected chi connectivity index (χ2v) is 3.13. The molecule has 0 aromatic carbocycles. The number of furan rings is 1. The summed E-state index contributed by atoms with van der Waals surface area (Å²) in [6.07, 6.45) is -2.75. The van der Waals surface area contributed by atoms with Crippen LogP contribution in [0.3, 0.4) is 0 Å². The van der Waals surface area contributed by atoms with Gasteiger partial charge in [-0.3, -0.25) is 4.79 Å². The van der Waals surface area contributed by atoms with Crippen molar-refractivity contribution < 1.29 is 26.8 Å². The second-order valence-electron chi connectivity index (χ2n) is 3.13. The Morgan fingerprint density at radius 2 is 2.12 bits per heavy atom. The minimum Gasteiger partial charge on any atom is -0.467 e. The molecule has 0 spiro atoms. The van der Waals surface area contributed by atoms with Crippen molar-refractivity contribution in [3.63, 3.8) is 0 Å². The molecule has 16 heavy (non-hydrogen) atoms. The van der Waals surface area contributed by atoms with Crippen molar-refractivity contribution in [2.75, 3.05) is 0 Å². The van der Waals surface area contributed by atoms with Crippen molar-refractivity contribution in [3.05, 3.63) is 24.2 Å². The van der Waals surface area contributed by atoms with E-state index in [4.69, 9.17) is 4.42 Å². The summed E-state index contributed by atoms with van der Waals surface area (Å²) < 4.78 is 53.6. The number of hydrogen-bond acceptors (Lipinski definition) is 2. The van der Waals surface area contributed by atoms with Crippen LogP contribution in [0, 0.1) is 0 Å². The summed E-state index contributed by atoms with van der Waals surface area (Å²) in [4.78, 5) is 10.8. The van der Waals surface area contributed by atoms with E-state index in [1.54, 1.807) is 5.32 Å². The summed E-state index contributed by atoms with van der Waals surface area (Å²) in [5.41, 5.74) is 0. The fourth-order valence-corrected chi connectivity index (χ4v) is 1.00. The zero-order valence-electron chi connectivity index (χ0n) is 8.22. The van der Waals surface area contributed by atoms with E-state index in [1.165, 1.54) is 25.3 Å². The van der Waals surface area contributed by atoms with Crippen molar-refractivity contribution in [2.24, 2.45) is 0 Å². The third kappa shape index (κ3) is 2.53. The molecule has 1 unspecified atom stereocenters. The molecular formula is C9H9F4NO2. The monoisotopic (exact) mass is 239 g/mol. The van der Waals surface area contributed by atoms with E-state index in [9.17, 15) is 22.4 Å². The van der Waals surface area contributed by atoms with Crippen molar-refractivity contribution in [3.8, 4) is 0 Å². The first kappa shape index (κ1) is 12.5. The van der Waals surface area contributed by atoms with Crippen LogP contribution in [0.4, 0.5) is 17.6 Å². The summed E-state index contributed by atoms with van der Waals surface area (Å²) in [6.45, 7) is 1.35. The standard InChI is InChI=1S/C9H9F4NO2/c1-5(6-3-2-4-16-6)14-8(15)9(12,13)7(10)11/h2-5,7H,1H3,(H,14,15). The number of nitrogens with one attached hydrogen (secondary N) is 1. The molecule has 0 aliphatic rings. The third-order valence-electron chi connectivity index (χ3n) is 1.89. The highest BCUT2D eigenvalue weighted by molar-refractivity contribution is 5.84. The van der Waals surface area contributed by atoms with Crippen LogP contribution in [0.5, 0.6) is 0 Å². The molecule has 1 aromatic rings. The Balaban J connectivity index is 2.65. The average molecular weight is 239 g/mol. The summed E-state index contributed by atoms with van der Waals surface area (Å²) in [5, 5.41) is 1.74. The minimum atomic E-state index is -4.69. The Hall–Kier alpha value is -1.53. The lowest BCUT2D eigenvalue weighted by Gasteiger charge is -2.17. The highest BCUT2D eigenvalue weighted by atomic mass is 19.3. The van der Waals surface area contributed by atoms with Crippen molar-refractivity contribution in [1.29, 1.82) is 0 Å². The molecule has 90 valence electrons. The maximum absolute atomic E-state index is 12.5. The fourth-order valence-electron chi connectivity index (χ4n) is 1.00. The van der Waals surface area contributed by atoms with E-state index in [0.29, 0.717) is 0 Å². The lowest BCUT2D eigenvalue weighted by atomic mass is 10.2. The molecule has 0 aliphatic heterocycles. The van der Waals surface area contributed by atoms with Crippen molar-refractivity contribution in [2.45, 2.75) is 25.3 Å². The van der Waals surface area contributed by atoms with Gasteiger partial charge in [0.2, 0.25) is 0 Å². The van der Waals surface area contributed by atoms with Gasteiger partial charge in [0.15, 0.2) is 0 Å². The van der Waals surface area contributed by atoms with Crippen LogP contribution < -0.4 is 5.32 Å². The Kier molecular flexibility index (Phi) is 3.56. The number of halogens is 4. The number of amides is 1. The molecule has 0 radical (unpaired) electrons. The quantitative estimate of drug-likeness (QED) is 0.819. The number of carbonyl (C=O) groups is 1. The van der Waals surface area contributed by atoms with Gasteiger partial charge in [-0.25, -0.2) is 8.78 Å². The van der Waals surface area contributed by atoms with Gasteiger partial charge in [0.05, 0.1) is 12.3 Å². The molecule has 1 amide bonds. The van der Waals surface area contributed by atoms with Gasteiger partial charge >= 0.3 is 12.3 Å². The maximum atomic E-state index is 12.5. The van der Waals surface area contributed by atoms with Gasteiger partial charge in [0, 0.05) is 0 Å². The molecule has 0 bridgehead atoms. The number of hydrogen-bond donors (Lipinski definition) is 1. The SMILES string of the molecule is CC(NC(=O)C(F)(F)C(F)F)c1ccco1. The van der Waals surface area contributed by atoms with Gasteiger partial charge in [0.1, 0.15) is 5.76 Å². The van der Waals surface area contributed by atoms with Crippen LogP contribution in [0.15, 0.2) is 22.8 Å². The van der Waals surface area contributed by atoms with Crippen LogP contribution in [-0.2, 0) is 4.79 Å². The van der Waals surface area contributed by atoms with Crippen molar-refractivity contribution in [1.82, 2.24) is 5.32 Å². The molecule has 1 heterocycles. The summed E-state index contributed by atoms with van der Waals surface area (Å²) in [5.74, 6) is -6.51. The normalized spacial score (nSPS) is 13.9. The smallest absolute Gasteiger partial charge is 0.383 e. The van der Waals surface area contributed by atoms with E-state index in [-0.39, 0.29) is 5.76 Å². The average Bonchev–Trinajstić information content (AvgIpc) is 2.69. The number of alkyl halides is 4. The van der Waals surface area contributed by atoms with Crippen molar-refractivity contribution >= 4 is 5.91 Å².